The highest BCUT2D eigenvalue weighted by molar-refractivity contribution is 7.11. The Bertz CT molecular complexity index is 1300. The molecule has 1 atom stereocenters. The Kier molecular flexibility index (Phi) is 4.92. The second kappa shape index (κ2) is 7.58. The van der Waals surface area contributed by atoms with Crippen molar-refractivity contribution in [2.75, 3.05) is 6.54 Å². The summed E-state index contributed by atoms with van der Waals surface area (Å²) in [4.78, 5) is 42.9. The molecule has 1 aromatic carbocycles. The number of carboxylic acid groups (broad SMARTS) is 1. The van der Waals surface area contributed by atoms with E-state index in [1.165, 1.54) is 11.1 Å². The van der Waals surface area contributed by atoms with Crippen LogP contribution in [0.2, 0.25) is 0 Å². The maximum atomic E-state index is 13.0. The fourth-order valence-electron chi connectivity index (χ4n) is 4.52. The molecule has 0 bridgehead atoms. The topological polar surface area (TPSA) is 95.7 Å². The number of hydrogen-bond acceptors (Lipinski definition) is 5. The predicted octanol–water partition coefficient (Wildman–Crippen LogP) is 3.33. The number of fused-ring (bicyclic) bond motifs is 4. The molecule has 1 fully saturated rings. The number of halogens is 3. The zero-order valence-corrected chi connectivity index (χ0v) is 17.8. The van der Waals surface area contributed by atoms with Gasteiger partial charge in [-0.1, -0.05) is 18.2 Å². The highest BCUT2D eigenvalue weighted by Crippen LogP contribution is 2.38. The summed E-state index contributed by atoms with van der Waals surface area (Å²) in [5.74, 6) is -1.54. The van der Waals surface area contributed by atoms with Crippen molar-refractivity contribution in [2.24, 2.45) is 0 Å². The number of rotatable bonds is 5. The third-order valence-electron chi connectivity index (χ3n) is 5.97. The Morgan fingerprint density at radius 3 is 2.70 bits per heavy atom. The van der Waals surface area contributed by atoms with Crippen LogP contribution in [0.4, 0.5) is 18.0 Å². The van der Waals surface area contributed by atoms with Gasteiger partial charge in [0, 0.05) is 40.6 Å². The lowest BCUT2D eigenvalue weighted by Gasteiger charge is -2.28. The van der Waals surface area contributed by atoms with Crippen molar-refractivity contribution in [3.05, 3.63) is 51.6 Å². The molecule has 2 aliphatic heterocycles. The number of thiazole rings is 1. The number of benzene rings is 1. The lowest BCUT2D eigenvalue weighted by molar-refractivity contribution is -0.138. The number of aromatic nitrogens is 2. The summed E-state index contributed by atoms with van der Waals surface area (Å²) in [7, 11) is 0. The third kappa shape index (κ3) is 3.54. The van der Waals surface area contributed by atoms with Gasteiger partial charge in [0.25, 0.3) is 5.91 Å². The van der Waals surface area contributed by atoms with Crippen LogP contribution in [0.3, 0.4) is 0 Å². The van der Waals surface area contributed by atoms with Crippen molar-refractivity contribution in [1.82, 2.24) is 19.4 Å². The minimum atomic E-state index is -4.52. The first kappa shape index (κ1) is 21.4. The Hall–Kier alpha value is -3.41. The summed E-state index contributed by atoms with van der Waals surface area (Å²) in [6, 6.07) is 6.13. The van der Waals surface area contributed by atoms with Gasteiger partial charge in [0.2, 0.25) is 0 Å². The minimum Gasteiger partial charge on any atom is -0.481 e. The molecule has 12 heteroatoms. The van der Waals surface area contributed by atoms with Crippen molar-refractivity contribution in [3.63, 3.8) is 0 Å². The van der Waals surface area contributed by atoms with Crippen LogP contribution in [0, 0.1) is 0 Å². The van der Waals surface area contributed by atoms with Crippen molar-refractivity contribution < 1.29 is 32.7 Å². The predicted molar refractivity (Wildman–Crippen MR) is 111 cm³/mol. The van der Waals surface area contributed by atoms with Gasteiger partial charge in [0.05, 0.1) is 19.5 Å². The number of alkyl halides is 3. The number of imide groups is 1. The first-order valence-corrected chi connectivity index (χ1v) is 10.9. The van der Waals surface area contributed by atoms with Crippen molar-refractivity contribution in [3.8, 4) is 0 Å². The molecule has 0 unspecified atom stereocenters. The molecule has 1 N–H and O–H groups in total. The van der Waals surface area contributed by atoms with E-state index in [0.717, 1.165) is 27.1 Å². The first-order chi connectivity index (χ1) is 15.6. The van der Waals surface area contributed by atoms with Crippen LogP contribution >= 0.6 is 11.3 Å². The quantitative estimate of drug-likeness (QED) is 0.568. The molecule has 33 heavy (non-hydrogen) atoms. The molecule has 0 aliphatic carbocycles. The number of carbonyl (C=O) groups excluding carboxylic acids is 2. The van der Waals surface area contributed by atoms with Crippen molar-refractivity contribution >= 4 is 40.1 Å². The lowest BCUT2D eigenvalue weighted by Crippen LogP contribution is -2.40. The fraction of sp³-hybridized carbons (Fsp3) is 0.333. The normalized spacial score (nSPS) is 18.2. The van der Waals surface area contributed by atoms with E-state index in [1.807, 2.05) is 28.8 Å². The molecular formula is C21H17F3N4O4S. The van der Waals surface area contributed by atoms with Crippen molar-refractivity contribution in [1.29, 1.82) is 0 Å². The average Bonchev–Trinajstić information content (AvgIpc) is 3.42. The van der Waals surface area contributed by atoms with E-state index >= 15 is 0 Å². The van der Waals surface area contributed by atoms with Gasteiger partial charge < -0.3 is 14.6 Å². The van der Waals surface area contributed by atoms with Gasteiger partial charge in [-0.2, -0.15) is 13.2 Å². The van der Waals surface area contributed by atoms with Crippen LogP contribution in [-0.4, -0.2) is 55.0 Å². The molecule has 0 radical (unpaired) electrons. The Labute approximate surface area is 188 Å². The summed E-state index contributed by atoms with van der Waals surface area (Å²) in [5.41, 5.74) is 2.41. The largest absolute Gasteiger partial charge is 0.481 e. The van der Waals surface area contributed by atoms with Gasteiger partial charge in [-0.25, -0.2) is 9.78 Å². The van der Waals surface area contributed by atoms with E-state index < -0.39 is 35.1 Å². The van der Waals surface area contributed by atoms with Crippen LogP contribution in [0.5, 0.6) is 0 Å². The van der Waals surface area contributed by atoms with Crippen LogP contribution in [0.25, 0.3) is 10.9 Å². The molecular weight excluding hydrogens is 461 g/mol. The summed E-state index contributed by atoms with van der Waals surface area (Å²) < 4.78 is 40.9. The highest BCUT2D eigenvalue weighted by atomic mass is 32.1. The first-order valence-electron chi connectivity index (χ1n) is 10.1. The maximum absolute atomic E-state index is 13.0. The summed E-state index contributed by atoms with van der Waals surface area (Å²) in [6.45, 7) is 0.0484. The van der Waals surface area contributed by atoms with Crippen LogP contribution in [-0.2, 0) is 35.3 Å². The van der Waals surface area contributed by atoms with Crippen LogP contribution in [0.1, 0.15) is 27.6 Å². The molecule has 4 heterocycles. The maximum Gasteiger partial charge on any atom is 0.443 e. The Morgan fingerprint density at radius 1 is 1.24 bits per heavy atom. The number of para-hydroxylation sites is 1. The Morgan fingerprint density at radius 2 is 2.00 bits per heavy atom. The fourth-order valence-corrected chi connectivity index (χ4v) is 5.29. The van der Waals surface area contributed by atoms with Gasteiger partial charge in [0.1, 0.15) is 6.04 Å². The number of urea groups is 1. The van der Waals surface area contributed by atoms with Gasteiger partial charge in [-0.15, -0.1) is 11.3 Å². The zero-order valence-electron chi connectivity index (χ0n) is 17.0. The minimum absolute atomic E-state index is 0.105. The van der Waals surface area contributed by atoms with Crippen LogP contribution < -0.4 is 0 Å². The number of nitrogens with zero attached hydrogens (tertiary/aromatic N) is 4. The SMILES string of the molecule is O=C(O)CCN1C(=O)[C@@H]2Cc3c(n(Cc4cnc(C(F)(F)F)s4)c4ccccc34)CN2C1=O. The summed E-state index contributed by atoms with van der Waals surface area (Å²) in [6.07, 6.45) is -3.39. The standard InChI is InChI=1S/C21H17F3N4O4S/c22-21(23,24)19-25-8-11(33-19)9-27-14-4-2-1-3-12(14)13-7-15-18(31)26(6-5-17(29)30)20(32)28(15)10-16(13)27/h1-4,8,15H,5-7,9-10H2,(H,29,30)/t15-/m0/s1. The smallest absolute Gasteiger partial charge is 0.443 e. The van der Waals surface area contributed by atoms with Crippen LogP contribution in [0.15, 0.2) is 30.5 Å². The average molecular weight is 478 g/mol. The van der Waals surface area contributed by atoms with Gasteiger partial charge in [-0.05, 0) is 11.6 Å². The number of carboxylic acids is 1. The molecule has 0 spiro atoms. The molecule has 2 aliphatic rings. The number of hydrogen-bond donors (Lipinski definition) is 1. The van der Waals surface area contributed by atoms with Gasteiger partial charge >= 0.3 is 18.2 Å². The summed E-state index contributed by atoms with van der Waals surface area (Å²) >= 11 is 0.572. The van der Waals surface area contributed by atoms with E-state index in [0.29, 0.717) is 16.2 Å². The van der Waals surface area contributed by atoms with Gasteiger partial charge in [0.15, 0.2) is 5.01 Å². The molecule has 1 saturated heterocycles. The molecule has 3 amide bonds. The summed E-state index contributed by atoms with van der Waals surface area (Å²) in [5, 5.41) is 8.87. The Balaban J connectivity index is 1.52. The molecule has 2 aromatic heterocycles. The number of aliphatic carboxylic acids is 1. The molecule has 172 valence electrons. The zero-order chi connectivity index (χ0) is 23.5. The van der Waals surface area contributed by atoms with E-state index in [2.05, 4.69) is 4.98 Å². The third-order valence-corrected chi connectivity index (χ3v) is 7.00. The lowest BCUT2D eigenvalue weighted by atomic mass is 9.97. The van der Waals surface area contributed by atoms with E-state index in [1.54, 1.807) is 0 Å². The monoisotopic (exact) mass is 478 g/mol. The molecule has 3 aromatic rings. The van der Waals surface area contributed by atoms with E-state index in [-0.39, 0.29) is 32.5 Å². The molecule has 5 rings (SSSR count). The van der Waals surface area contributed by atoms with E-state index in [4.69, 9.17) is 5.11 Å². The second-order valence-corrected chi connectivity index (χ2v) is 9.04. The number of carbonyl (C=O) groups is 3. The number of amides is 3. The van der Waals surface area contributed by atoms with E-state index in [9.17, 15) is 27.6 Å². The second-order valence-electron chi connectivity index (χ2n) is 7.92. The highest BCUT2D eigenvalue weighted by Gasteiger charge is 2.48. The molecule has 8 nitrogen and oxygen atoms in total. The van der Waals surface area contributed by atoms with Crippen molar-refractivity contribution in [2.45, 2.75) is 38.1 Å². The molecule has 0 saturated carbocycles. The van der Waals surface area contributed by atoms with Gasteiger partial charge in [-0.3, -0.25) is 14.5 Å².